The van der Waals surface area contributed by atoms with E-state index >= 15 is 0 Å². The number of hydrogen-bond donors (Lipinski definition) is 1. The predicted octanol–water partition coefficient (Wildman–Crippen LogP) is 4.51. The van der Waals surface area contributed by atoms with Crippen LogP contribution in [0.2, 0.25) is 5.02 Å². The highest BCUT2D eigenvalue weighted by atomic mass is 79.9. The lowest BCUT2D eigenvalue weighted by Gasteiger charge is -2.29. The Morgan fingerprint density at radius 1 is 1.18 bits per heavy atom. The number of amides is 2. The highest BCUT2D eigenvalue weighted by molar-refractivity contribution is 9.10. The summed E-state index contributed by atoms with van der Waals surface area (Å²) in [6.45, 7) is 6.12. The minimum atomic E-state index is -3.59. The standard InChI is InChI=1S/C24H31BrClN3O4S/c1-5-27-24(31)18(3)28(16-19-9-6-10-20(25)15-19)23(30)13-8-14-29(34(4,32)33)22-12-7-11-21(26)17(22)2/h6-7,9-12,15,18H,5,8,13-14,16H2,1-4H3,(H,27,31). The fourth-order valence-corrected chi connectivity index (χ4v) is 5.22. The van der Waals surface area contributed by atoms with Crippen molar-refractivity contribution in [1.29, 1.82) is 0 Å². The molecule has 0 spiro atoms. The van der Waals surface area contributed by atoms with Crippen LogP contribution in [0.1, 0.15) is 37.8 Å². The molecule has 34 heavy (non-hydrogen) atoms. The van der Waals surface area contributed by atoms with Crippen LogP contribution in [-0.4, -0.2) is 50.5 Å². The number of anilines is 1. The van der Waals surface area contributed by atoms with Gasteiger partial charge < -0.3 is 10.2 Å². The van der Waals surface area contributed by atoms with Gasteiger partial charge in [-0.3, -0.25) is 13.9 Å². The van der Waals surface area contributed by atoms with E-state index in [1.165, 1.54) is 9.21 Å². The average Bonchev–Trinajstić information content (AvgIpc) is 2.76. The van der Waals surface area contributed by atoms with Crippen molar-refractivity contribution in [2.45, 2.75) is 46.2 Å². The molecule has 0 radical (unpaired) electrons. The third-order valence-electron chi connectivity index (χ3n) is 5.42. The molecule has 1 atom stereocenters. The molecule has 0 aromatic heterocycles. The van der Waals surface area contributed by atoms with Crippen LogP contribution in [0, 0.1) is 6.92 Å². The summed E-state index contributed by atoms with van der Waals surface area (Å²) in [4.78, 5) is 27.2. The van der Waals surface area contributed by atoms with Gasteiger partial charge >= 0.3 is 0 Å². The largest absolute Gasteiger partial charge is 0.355 e. The van der Waals surface area contributed by atoms with Gasteiger partial charge in [0.25, 0.3) is 0 Å². The summed E-state index contributed by atoms with van der Waals surface area (Å²) in [5, 5.41) is 3.23. The van der Waals surface area contributed by atoms with Crippen molar-refractivity contribution in [1.82, 2.24) is 10.2 Å². The van der Waals surface area contributed by atoms with E-state index < -0.39 is 16.1 Å². The van der Waals surface area contributed by atoms with Crippen LogP contribution in [0.4, 0.5) is 5.69 Å². The van der Waals surface area contributed by atoms with Gasteiger partial charge in [-0.1, -0.05) is 45.7 Å². The number of likely N-dealkylation sites (N-methyl/N-ethyl adjacent to an activating group) is 1. The smallest absolute Gasteiger partial charge is 0.242 e. The first kappa shape index (κ1) is 28.1. The first-order chi connectivity index (χ1) is 16.0. The van der Waals surface area contributed by atoms with Crippen molar-refractivity contribution in [2.24, 2.45) is 0 Å². The topological polar surface area (TPSA) is 86.8 Å². The maximum Gasteiger partial charge on any atom is 0.242 e. The van der Waals surface area contributed by atoms with Gasteiger partial charge in [0.2, 0.25) is 21.8 Å². The lowest BCUT2D eigenvalue weighted by Crippen LogP contribution is -2.47. The Bertz CT molecular complexity index is 1130. The second kappa shape index (κ2) is 12.6. The molecule has 0 heterocycles. The molecule has 2 rings (SSSR count). The van der Waals surface area contributed by atoms with E-state index in [1.54, 1.807) is 32.0 Å². The van der Waals surface area contributed by atoms with Crippen LogP contribution < -0.4 is 9.62 Å². The Morgan fingerprint density at radius 3 is 2.47 bits per heavy atom. The van der Waals surface area contributed by atoms with Gasteiger partial charge in [0.15, 0.2) is 0 Å². The molecule has 2 aromatic carbocycles. The van der Waals surface area contributed by atoms with Crippen molar-refractivity contribution < 1.29 is 18.0 Å². The zero-order chi connectivity index (χ0) is 25.5. The van der Waals surface area contributed by atoms with Crippen LogP contribution in [-0.2, 0) is 26.2 Å². The zero-order valence-corrected chi connectivity index (χ0v) is 23.0. The van der Waals surface area contributed by atoms with Gasteiger partial charge in [-0.2, -0.15) is 0 Å². The van der Waals surface area contributed by atoms with Crippen molar-refractivity contribution in [2.75, 3.05) is 23.7 Å². The third-order valence-corrected chi connectivity index (χ3v) is 7.50. The summed E-state index contributed by atoms with van der Waals surface area (Å²) in [5.74, 6) is -0.465. The number of nitrogens with zero attached hydrogens (tertiary/aromatic N) is 2. The Balaban J connectivity index is 2.19. The fourth-order valence-electron chi connectivity index (χ4n) is 3.59. The Labute approximate surface area is 215 Å². The zero-order valence-electron chi connectivity index (χ0n) is 19.8. The number of benzene rings is 2. The first-order valence-corrected chi connectivity index (χ1v) is 14.0. The monoisotopic (exact) mass is 571 g/mol. The number of carbonyl (C=O) groups excluding carboxylic acids is 2. The molecule has 0 aliphatic heterocycles. The highest BCUT2D eigenvalue weighted by Gasteiger charge is 2.26. The molecule has 0 fully saturated rings. The fraction of sp³-hybridized carbons (Fsp3) is 0.417. The van der Waals surface area contributed by atoms with Crippen LogP contribution in [0.3, 0.4) is 0 Å². The van der Waals surface area contributed by atoms with Crippen LogP contribution in [0.5, 0.6) is 0 Å². The van der Waals surface area contributed by atoms with Crippen LogP contribution in [0.15, 0.2) is 46.9 Å². The Kier molecular flexibility index (Phi) is 10.4. The lowest BCUT2D eigenvalue weighted by molar-refractivity contribution is -0.140. The van der Waals surface area contributed by atoms with E-state index in [2.05, 4.69) is 21.2 Å². The number of halogens is 2. The summed E-state index contributed by atoms with van der Waals surface area (Å²) in [6, 6.07) is 12.0. The minimum Gasteiger partial charge on any atom is -0.355 e. The molecule has 0 aliphatic carbocycles. The van der Waals surface area contributed by atoms with E-state index in [1.807, 2.05) is 31.2 Å². The SMILES string of the molecule is CCNC(=O)C(C)N(Cc1cccc(Br)c1)C(=O)CCCN(c1cccc(Cl)c1C)S(C)(=O)=O. The number of rotatable bonds is 11. The third kappa shape index (κ3) is 7.71. The van der Waals surface area contributed by atoms with Gasteiger partial charge in [-0.05, 0) is 62.6 Å². The maximum atomic E-state index is 13.2. The number of hydrogen-bond acceptors (Lipinski definition) is 4. The first-order valence-electron chi connectivity index (χ1n) is 11.0. The summed E-state index contributed by atoms with van der Waals surface area (Å²) < 4.78 is 27.1. The van der Waals surface area contributed by atoms with Gasteiger partial charge in [-0.15, -0.1) is 0 Å². The average molecular weight is 573 g/mol. The van der Waals surface area contributed by atoms with E-state index in [0.717, 1.165) is 16.3 Å². The molecular weight excluding hydrogens is 542 g/mol. The van der Waals surface area contributed by atoms with Crippen molar-refractivity contribution in [3.05, 3.63) is 63.1 Å². The molecule has 0 aliphatic rings. The molecule has 0 saturated carbocycles. The second-order valence-electron chi connectivity index (χ2n) is 8.04. The van der Waals surface area contributed by atoms with Gasteiger partial charge in [0, 0.05) is 35.6 Å². The molecular formula is C24H31BrClN3O4S. The van der Waals surface area contributed by atoms with Crippen molar-refractivity contribution >= 4 is 55.1 Å². The molecule has 1 N–H and O–H groups in total. The van der Waals surface area contributed by atoms with Crippen LogP contribution in [0.25, 0.3) is 0 Å². The summed E-state index contributed by atoms with van der Waals surface area (Å²) in [5.41, 5.74) is 2.03. The lowest BCUT2D eigenvalue weighted by atomic mass is 10.1. The van der Waals surface area contributed by atoms with E-state index in [4.69, 9.17) is 11.6 Å². The Hall–Kier alpha value is -2.10. The van der Waals surface area contributed by atoms with E-state index in [9.17, 15) is 18.0 Å². The number of carbonyl (C=O) groups is 2. The maximum absolute atomic E-state index is 13.2. The van der Waals surface area contributed by atoms with E-state index in [-0.39, 0.29) is 37.7 Å². The molecule has 10 heteroatoms. The number of nitrogens with one attached hydrogen (secondary N) is 1. The minimum absolute atomic E-state index is 0.0867. The van der Waals surface area contributed by atoms with Crippen molar-refractivity contribution in [3.63, 3.8) is 0 Å². The number of sulfonamides is 1. The Morgan fingerprint density at radius 2 is 1.85 bits per heavy atom. The molecule has 7 nitrogen and oxygen atoms in total. The molecule has 186 valence electrons. The summed E-state index contributed by atoms with van der Waals surface area (Å²) >= 11 is 9.62. The molecule has 1 unspecified atom stereocenters. The molecule has 2 aromatic rings. The second-order valence-corrected chi connectivity index (χ2v) is 11.3. The molecule has 0 bridgehead atoms. The summed E-state index contributed by atoms with van der Waals surface area (Å²) in [7, 11) is -3.59. The predicted molar refractivity (Wildman–Crippen MR) is 140 cm³/mol. The van der Waals surface area contributed by atoms with E-state index in [0.29, 0.717) is 22.8 Å². The van der Waals surface area contributed by atoms with Gasteiger partial charge in [-0.25, -0.2) is 8.42 Å². The van der Waals surface area contributed by atoms with Gasteiger partial charge in [0.1, 0.15) is 6.04 Å². The summed E-state index contributed by atoms with van der Waals surface area (Å²) in [6.07, 6.45) is 1.50. The van der Waals surface area contributed by atoms with Crippen molar-refractivity contribution in [3.8, 4) is 0 Å². The highest BCUT2D eigenvalue weighted by Crippen LogP contribution is 2.28. The molecule has 0 saturated heterocycles. The normalized spacial score (nSPS) is 12.2. The van der Waals surface area contributed by atoms with Crippen LogP contribution >= 0.6 is 27.5 Å². The van der Waals surface area contributed by atoms with Gasteiger partial charge in [0.05, 0.1) is 11.9 Å². The quantitative estimate of drug-likeness (QED) is 0.429. The molecule has 2 amide bonds.